The molecule has 2 heterocycles. The van der Waals surface area contributed by atoms with Crippen LogP contribution in [0.15, 0.2) is 53.5 Å². The number of Topliss-reactive ketones (excluding diaryl/α,β-unsaturated/α-hetero) is 1. The summed E-state index contributed by atoms with van der Waals surface area (Å²) >= 11 is 0. The number of nitrogens with zero attached hydrogens (tertiary/aromatic N) is 3. The number of carbonyl (C=O) groups is 1. The quantitative estimate of drug-likeness (QED) is 0.757. The van der Waals surface area contributed by atoms with Crippen molar-refractivity contribution in [3.63, 3.8) is 0 Å². The van der Waals surface area contributed by atoms with E-state index < -0.39 is 0 Å². The van der Waals surface area contributed by atoms with Gasteiger partial charge in [0.25, 0.3) is 0 Å². The largest absolute Gasteiger partial charge is 0.305 e. The fourth-order valence-corrected chi connectivity index (χ4v) is 4.75. The van der Waals surface area contributed by atoms with Crippen LogP contribution in [0.25, 0.3) is 5.57 Å². The lowest BCUT2D eigenvalue weighted by atomic mass is 9.98. The first-order chi connectivity index (χ1) is 14.2. The van der Waals surface area contributed by atoms with Gasteiger partial charge >= 0.3 is 0 Å². The van der Waals surface area contributed by atoms with E-state index in [4.69, 9.17) is 4.99 Å². The Kier molecular flexibility index (Phi) is 4.90. The van der Waals surface area contributed by atoms with Gasteiger partial charge in [0.15, 0.2) is 5.78 Å². The van der Waals surface area contributed by atoms with E-state index in [1.165, 1.54) is 23.1 Å². The van der Waals surface area contributed by atoms with Gasteiger partial charge in [-0.15, -0.1) is 0 Å². The Balaban J connectivity index is 1.45. The van der Waals surface area contributed by atoms with E-state index in [9.17, 15) is 4.79 Å². The molecule has 1 aliphatic carbocycles. The first kappa shape index (κ1) is 18.5. The Morgan fingerprint density at radius 2 is 1.83 bits per heavy atom. The summed E-state index contributed by atoms with van der Waals surface area (Å²) in [7, 11) is 2.20. The number of allylic oxidation sites excluding steroid dienone is 2. The molecule has 4 nitrogen and oxygen atoms in total. The number of benzene rings is 2. The van der Waals surface area contributed by atoms with Gasteiger partial charge in [-0.05, 0) is 61.0 Å². The number of hydrogen-bond donors (Lipinski definition) is 0. The molecule has 2 aromatic rings. The number of likely N-dealkylation sites (N-methyl/N-ethyl adjacent to an activating group) is 1. The van der Waals surface area contributed by atoms with Gasteiger partial charge in [-0.3, -0.25) is 14.7 Å². The van der Waals surface area contributed by atoms with Crippen LogP contribution in [0.2, 0.25) is 0 Å². The Morgan fingerprint density at radius 1 is 0.966 bits per heavy atom. The number of para-hydroxylation sites is 1. The zero-order chi connectivity index (χ0) is 19.8. The van der Waals surface area contributed by atoms with E-state index in [0.717, 1.165) is 61.7 Å². The topological polar surface area (TPSA) is 35.9 Å². The van der Waals surface area contributed by atoms with Crippen molar-refractivity contribution in [2.45, 2.75) is 25.8 Å². The van der Waals surface area contributed by atoms with Crippen molar-refractivity contribution in [2.24, 2.45) is 4.99 Å². The maximum Gasteiger partial charge on any atom is 0.167 e. The van der Waals surface area contributed by atoms with Crippen LogP contribution in [0, 0.1) is 0 Å². The highest BCUT2D eigenvalue weighted by Crippen LogP contribution is 2.35. The summed E-state index contributed by atoms with van der Waals surface area (Å²) < 4.78 is 0. The standard InChI is InChI=1S/C25H27N3O/c1-27-10-5-11-28(13-12-27)17-20-8-4-7-19-15-24(29)22(25(19)20)16-21-14-18-6-2-3-9-23(18)26-21/h2-4,6-9,16H,5,10-15,17H2,1H3/b22-16+. The molecule has 0 N–H and O–H groups in total. The molecule has 3 aliphatic rings. The number of rotatable bonds is 3. The molecule has 148 valence electrons. The van der Waals surface area contributed by atoms with E-state index in [-0.39, 0.29) is 5.78 Å². The Bertz CT molecular complexity index is 1020. The molecule has 2 aromatic carbocycles. The van der Waals surface area contributed by atoms with E-state index in [1.807, 2.05) is 18.2 Å². The first-order valence-electron chi connectivity index (χ1n) is 10.6. The van der Waals surface area contributed by atoms with Crippen LogP contribution in [-0.2, 0) is 24.2 Å². The third-order valence-corrected chi connectivity index (χ3v) is 6.30. The van der Waals surface area contributed by atoms with Gasteiger partial charge in [-0.25, -0.2) is 0 Å². The average Bonchev–Trinajstić information content (AvgIpc) is 3.19. The summed E-state index contributed by atoms with van der Waals surface area (Å²) in [5.74, 6) is 0.224. The minimum absolute atomic E-state index is 0.224. The molecule has 0 amide bonds. The zero-order valence-electron chi connectivity index (χ0n) is 17.0. The molecule has 1 saturated heterocycles. The zero-order valence-corrected chi connectivity index (χ0v) is 17.0. The molecule has 29 heavy (non-hydrogen) atoms. The lowest BCUT2D eigenvalue weighted by Gasteiger charge is -2.22. The van der Waals surface area contributed by atoms with Crippen LogP contribution in [-0.4, -0.2) is 54.5 Å². The highest BCUT2D eigenvalue weighted by Gasteiger charge is 2.28. The molecule has 0 atom stereocenters. The molecular formula is C25H27N3O. The van der Waals surface area contributed by atoms with Gasteiger partial charge < -0.3 is 4.90 Å². The SMILES string of the molecule is CN1CCCN(Cc2cccc3c2/C(=C/C2=Nc4ccccc4C2)C(=O)C3)CC1. The molecule has 5 rings (SSSR count). The van der Waals surface area contributed by atoms with Crippen molar-refractivity contribution in [1.82, 2.24) is 9.80 Å². The molecular weight excluding hydrogens is 358 g/mol. The number of carbonyl (C=O) groups excluding carboxylic acids is 1. The summed E-state index contributed by atoms with van der Waals surface area (Å²) in [6, 6.07) is 14.7. The molecule has 2 aliphatic heterocycles. The maximum atomic E-state index is 12.9. The summed E-state index contributed by atoms with van der Waals surface area (Å²) in [5.41, 5.74) is 7.73. The van der Waals surface area contributed by atoms with E-state index in [0.29, 0.717) is 6.42 Å². The van der Waals surface area contributed by atoms with Gasteiger partial charge in [0.2, 0.25) is 0 Å². The predicted octanol–water partition coefficient (Wildman–Crippen LogP) is 3.66. The van der Waals surface area contributed by atoms with Gasteiger partial charge in [0.05, 0.1) is 5.69 Å². The van der Waals surface area contributed by atoms with Crippen molar-refractivity contribution in [3.8, 4) is 0 Å². The molecule has 0 saturated carbocycles. The lowest BCUT2D eigenvalue weighted by molar-refractivity contribution is -0.112. The van der Waals surface area contributed by atoms with Crippen LogP contribution in [0.4, 0.5) is 5.69 Å². The van der Waals surface area contributed by atoms with Crippen molar-refractivity contribution in [2.75, 3.05) is 33.2 Å². The monoisotopic (exact) mass is 385 g/mol. The maximum absolute atomic E-state index is 12.9. The number of aliphatic imine (C=N–C) groups is 1. The molecule has 0 unspecified atom stereocenters. The fraction of sp³-hybridized carbons (Fsp3) is 0.360. The van der Waals surface area contributed by atoms with Crippen molar-refractivity contribution >= 4 is 22.8 Å². The summed E-state index contributed by atoms with van der Waals surface area (Å²) in [5, 5.41) is 0. The van der Waals surface area contributed by atoms with Crippen molar-refractivity contribution in [3.05, 3.63) is 70.8 Å². The van der Waals surface area contributed by atoms with E-state index >= 15 is 0 Å². The van der Waals surface area contributed by atoms with Gasteiger partial charge in [0, 0.05) is 43.8 Å². The Hall–Kier alpha value is -2.56. The highest BCUT2D eigenvalue weighted by molar-refractivity contribution is 6.30. The van der Waals surface area contributed by atoms with Crippen LogP contribution in [0.1, 0.15) is 28.7 Å². The minimum Gasteiger partial charge on any atom is -0.305 e. The van der Waals surface area contributed by atoms with Gasteiger partial charge in [-0.2, -0.15) is 0 Å². The Morgan fingerprint density at radius 3 is 2.72 bits per heavy atom. The number of hydrogen-bond acceptors (Lipinski definition) is 4. The highest BCUT2D eigenvalue weighted by atomic mass is 16.1. The fourth-order valence-electron chi connectivity index (χ4n) is 4.75. The average molecular weight is 386 g/mol. The summed E-state index contributed by atoms with van der Waals surface area (Å²) in [4.78, 5) is 22.6. The molecule has 4 heteroatoms. The van der Waals surface area contributed by atoms with Gasteiger partial charge in [0.1, 0.15) is 0 Å². The Labute approximate surface area is 172 Å². The molecule has 1 fully saturated rings. The number of ketones is 1. The second-order valence-corrected chi connectivity index (χ2v) is 8.45. The summed E-state index contributed by atoms with van der Waals surface area (Å²) in [6.45, 7) is 5.37. The third kappa shape index (κ3) is 3.70. The minimum atomic E-state index is 0.224. The summed E-state index contributed by atoms with van der Waals surface area (Å²) in [6.07, 6.45) is 4.57. The first-order valence-corrected chi connectivity index (χ1v) is 10.6. The second kappa shape index (κ2) is 7.69. The van der Waals surface area contributed by atoms with Crippen LogP contribution < -0.4 is 0 Å². The molecule has 0 aromatic heterocycles. The van der Waals surface area contributed by atoms with Crippen LogP contribution in [0.3, 0.4) is 0 Å². The number of fused-ring (bicyclic) bond motifs is 2. The molecule has 0 spiro atoms. The van der Waals surface area contributed by atoms with Crippen molar-refractivity contribution in [1.29, 1.82) is 0 Å². The predicted molar refractivity (Wildman–Crippen MR) is 118 cm³/mol. The van der Waals surface area contributed by atoms with Crippen LogP contribution in [0.5, 0.6) is 0 Å². The van der Waals surface area contributed by atoms with Crippen molar-refractivity contribution < 1.29 is 4.79 Å². The van der Waals surface area contributed by atoms with Crippen LogP contribution >= 0.6 is 0 Å². The lowest BCUT2D eigenvalue weighted by Crippen LogP contribution is -2.28. The van der Waals surface area contributed by atoms with Gasteiger partial charge in [-0.1, -0.05) is 36.4 Å². The third-order valence-electron chi connectivity index (χ3n) is 6.30. The molecule has 0 radical (unpaired) electrons. The second-order valence-electron chi connectivity index (χ2n) is 8.45. The van der Waals surface area contributed by atoms with E-state index in [2.05, 4.69) is 47.2 Å². The molecule has 0 bridgehead atoms. The smallest absolute Gasteiger partial charge is 0.167 e. The van der Waals surface area contributed by atoms with E-state index in [1.54, 1.807) is 0 Å². The normalized spacial score (nSPS) is 21.2.